The van der Waals surface area contributed by atoms with Gasteiger partial charge in [-0.25, -0.2) is 9.13 Å². The quantitative estimate of drug-likeness (QED) is 0.0222. The molecule has 0 aromatic carbocycles. The summed E-state index contributed by atoms with van der Waals surface area (Å²) in [5, 5.41) is 10.7. The molecule has 5 atom stereocenters. The third-order valence-electron chi connectivity index (χ3n) is 21.6. The molecule has 0 spiro atoms. The number of carbonyl (C=O) groups excluding carboxylic acids is 4. The molecule has 19 heteroatoms. The Morgan fingerprint density at radius 3 is 0.536 bits per heavy atom. The zero-order valence-corrected chi connectivity index (χ0v) is 74.0. The molecule has 0 aliphatic heterocycles. The lowest BCUT2D eigenvalue weighted by molar-refractivity contribution is -0.161. The monoisotopic (exact) mass is 1610 g/mol. The molecule has 0 heterocycles. The van der Waals surface area contributed by atoms with Crippen molar-refractivity contribution in [2.24, 2.45) is 0 Å². The zero-order chi connectivity index (χ0) is 80.3. The Morgan fingerprint density at radius 2 is 0.364 bits per heavy atom. The maximum atomic E-state index is 13.2. The van der Waals surface area contributed by atoms with Gasteiger partial charge >= 0.3 is 39.5 Å². The number of esters is 4. The van der Waals surface area contributed by atoms with Crippen LogP contribution in [0.2, 0.25) is 0 Å². The first-order valence-corrected chi connectivity index (χ1v) is 50.3. The van der Waals surface area contributed by atoms with Crippen molar-refractivity contribution < 1.29 is 80.2 Å². The van der Waals surface area contributed by atoms with Gasteiger partial charge in [0.25, 0.3) is 0 Å². The van der Waals surface area contributed by atoms with Crippen LogP contribution >= 0.6 is 15.6 Å². The highest BCUT2D eigenvalue weighted by atomic mass is 31.2. The van der Waals surface area contributed by atoms with Crippen LogP contribution in [0.25, 0.3) is 0 Å². The molecule has 110 heavy (non-hydrogen) atoms. The number of unbranched alkanes of at least 4 members (excludes halogenated alkanes) is 66. The predicted molar refractivity (Wildman–Crippen MR) is 455 cm³/mol. The molecule has 0 aliphatic rings. The van der Waals surface area contributed by atoms with Gasteiger partial charge in [-0.1, -0.05) is 451 Å². The number of rotatable bonds is 92. The molecule has 0 amide bonds. The molecule has 0 saturated heterocycles. The lowest BCUT2D eigenvalue weighted by atomic mass is 10.0. The molecule has 17 nitrogen and oxygen atoms in total. The minimum atomic E-state index is -4.97. The highest BCUT2D eigenvalue weighted by molar-refractivity contribution is 7.47. The van der Waals surface area contributed by atoms with Crippen LogP contribution < -0.4 is 0 Å². The second-order valence-corrected chi connectivity index (χ2v) is 35.6. The van der Waals surface area contributed by atoms with Crippen LogP contribution in [0.1, 0.15) is 503 Å². The number of aliphatic hydroxyl groups is 1. The second kappa shape index (κ2) is 85.0. The Hall–Kier alpha value is -1.94. The van der Waals surface area contributed by atoms with Crippen molar-refractivity contribution in [3.8, 4) is 0 Å². The van der Waals surface area contributed by atoms with E-state index in [0.29, 0.717) is 25.7 Å². The first kappa shape index (κ1) is 108. The summed E-state index contributed by atoms with van der Waals surface area (Å²) in [5.41, 5.74) is 0. The molecule has 0 aromatic rings. The van der Waals surface area contributed by atoms with E-state index in [1.807, 2.05) is 0 Å². The molecule has 3 N–H and O–H groups in total. The number of hydrogen-bond donors (Lipinski definition) is 3. The standard InChI is InChI=1S/C91H178O17P2/c1-5-9-13-17-21-25-29-33-36-38-40-42-44-46-48-50-54-58-62-66-70-74-78-91(96)108-87(82-102-89(94)76-72-68-64-60-56-53-49-47-45-43-41-39-37-34-30-26-22-18-14-10-6-2)84-106-110(99,100)104-80-85(92)79-103-109(97,98)105-83-86(81-101-88(93)75-71-67-63-59-55-51-32-28-24-20-16-12-8-4)107-90(95)77-73-69-65-61-57-52-35-31-27-23-19-15-11-7-3/h85-87,92H,5-84H2,1-4H3,(H,97,98)(H,99,100)/t85-,86+,87+/m0/s1. The van der Waals surface area contributed by atoms with Crippen LogP contribution in [-0.4, -0.2) is 96.7 Å². The van der Waals surface area contributed by atoms with Crippen LogP contribution in [0.15, 0.2) is 0 Å². The van der Waals surface area contributed by atoms with E-state index in [-0.39, 0.29) is 25.7 Å². The number of phosphoric acid groups is 2. The van der Waals surface area contributed by atoms with Gasteiger partial charge in [0.05, 0.1) is 26.4 Å². The topological polar surface area (TPSA) is 237 Å². The summed E-state index contributed by atoms with van der Waals surface area (Å²) in [6.07, 6.45) is 82.0. The summed E-state index contributed by atoms with van der Waals surface area (Å²) in [4.78, 5) is 73.4. The normalized spacial score (nSPS) is 13.6. The molecule has 0 saturated carbocycles. The van der Waals surface area contributed by atoms with Gasteiger partial charge in [0.2, 0.25) is 0 Å². The molecule has 0 rings (SSSR count). The first-order valence-electron chi connectivity index (χ1n) is 47.3. The van der Waals surface area contributed by atoms with Crippen LogP contribution in [0, 0.1) is 0 Å². The first-order chi connectivity index (χ1) is 53.7. The van der Waals surface area contributed by atoms with Crippen LogP contribution in [0.4, 0.5) is 0 Å². The summed E-state index contributed by atoms with van der Waals surface area (Å²) < 4.78 is 69.1. The minimum absolute atomic E-state index is 0.109. The number of phosphoric ester groups is 2. The van der Waals surface area contributed by atoms with E-state index in [2.05, 4.69) is 27.7 Å². The smallest absolute Gasteiger partial charge is 0.462 e. The third kappa shape index (κ3) is 84.0. The molecular weight excluding hydrogens is 1430 g/mol. The molecule has 0 radical (unpaired) electrons. The Balaban J connectivity index is 5.23. The predicted octanol–water partition coefficient (Wildman–Crippen LogP) is 28.5. The van der Waals surface area contributed by atoms with Gasteiger partial charge in [0, 0.05) is 25.7 Å². The Labute approximate surface area is 677 Å². The Kier molecular flexibility index (Phi) is 83.5. The van der Waals surface area contributed by atoms with Crippen molar-refractivity contribution in [3.05, 3.63) is 0 Å². The summed E-state index contributed by atoms with van der Waals surface area (Å²) in [7, 11) is -9.93. The molecule has 0 fully saturated rings. The number of aliphatic hydroxyl groups excluding tert-OH is 1. The van der Waals surface area contributed by atoms with Crippen molar-refractivity contribution >= 4 is 39.5 Å². The summed E-state index contributed by atoms with van der Waals surface area (Å²) in [6.45, 7) is 5.09. The maximum absolute atomic E-state index is 13.2. The van der Waals surface area contributed by atoms with Gasteiger partial charge in [-0.2, -0.15) is 0 Å². The maximum Gasteiger partial charge on any atom is 0.472 e. The lowest BCUT2D eigenvalue weighted by Gasteiger charge is -2.21. The lowest BCUT2D eigenvalue weighted by Crippen LogP contribution is -2.30. The molecule has 0 aliphatic carbocycles. The average Bonchev–Trinajstić information content (AvgIpc) is 0.892. The van der Waals surface area contributed by atoms with Crippen LogP contribution in [-0.2, 0) is 65.4 Å². The van der Waals surface area contributed by atoms with E-state index in [4.69, 9.17) is 37.0 Å². The SMILES string of the molecule is CCCCCCCCCCCCCCCCCCCCCCCCC(=O)O[C@H](COC(=O)CCCCCCCCCCCCCCCCCCCCCCC)COP(=O)(O)OC[C@@H](O)COP(=O)(O)OC[C@@H](COC(=O)CCCCCCCCCCCCCCC)OC(=O)CCCCCCCCCCCCCCCC. The summed E-state index contributed by atoms with van der Waals surface area (Å²) in [5.74, 6) is -2.09. The average molecular weight is 1610 g/mol. The highest BCUT2D eigenvalue weighted by Gasteiger charge is 2.31. The van der Waals surface area contributed by atoms with E-state index in [1.54, 1.807) is 0 Å². The zero-order valence-electron chi connectivity index (χ0n) is 72.3. The Bertz CT molecular complexity index is 2070. The second-order valence-electron chi connectivity index (χ2n) is 32.7. The van der Waals surface area contributed by atoms with Crippen LogP contribution in [0.3, 0.4) is 0 Å². The molecule has 0 aromatic heterocycles. The fourth-order valence-electron chi connectivity index (χ4n) is 14.4. The van der Waals surface area contributed by atoms with Crippen molar-refractivity contribution in [1.29, 1.82) is 0 Å². The van der Waals surface area contributed by atoms with E-state index < -0.39 is 97.5 Å². The molecule has 0 bridgehead atoms. The fraction of sp³-hybridized carbons (Fsp3) is 0.956. The molecule has 654 valence electrons. The van der Waals surface area contributed by atoms with Gasteiger partial charge in [-0.05, 0) is 25.7 Å². The summed E-state index contributed by atoms with van der Waals surface area (Å²) in [6, 6.07) is 0. The van der Waals surface area contributed by atoms with E-state index in [9.17, 15) is 43.2 Å². The van der Waals surface area contributed by atoms with Gasteiger partial charge in [0.15, 0.2) is 12.2 Å². The summed E-state index contributed by atoms with van der Waals surface area (Å²) >= 11 is 0. The van der Waals surface area contributed by atoms with Gasteiger partial charge < -0.3 is 33.8 Å². The van der Waals surface area contributed by atoms with Gasteiger partial charge in [-0.3, -0.25) is 37.3 Å². The van der Waals surface area contributed by atoms with E-state index in [1.165, 1.54) is 334 Å². The van der Waals surface area contributed by atoms with E-state index >= 15 is 0 Å². The number of ether oxygens (including phenoxy) is 4. The van der Waals surface area contributed by atoms with Gasteiger partial charge in [0.1, 0.15) is 19.3 Å². The molecule has 2 unspecified atom stereocenters. The van der Waals surface area contributed by atoms with Crippen molar-refractivity contribution in [2.45, 2.75) is 521 Å². The Morgan fingerprint density at radius 1 is 0.218 bits per heavy atom. The van der Waals surface area contributed by atoms with Gasteiger partial charge in [-0.15, -0.1) is 0 Å². The van der Waals surface area contributed by atoms with Crippen molar-refractivity contribution in [2.75, 3.05) is 39.6 Å². The van der Waals surface area contributed by atoms with Crippen molar-refractivity contribution in [1.82, 2.24) is 0 Å². The largest absolute Gasteiger partial charge is 0.472 e. The van der Waals surface area contributed by atoms with E-state index in [0.717, 1.165) is 89.9 Å². The van der Waals surface area contributed by atoms with Crippen molar-refractivity contribution in [3.63, 3.8) is 0 Å². The third-order valence-corrected chi connectivity index (χ3v) is 23.5. The number of hydrogen-bond acceptors (Lipinski definition) is 15. The number of carbonyl (C=O) groups is 4. The fourth-order valence-corrected chi connectivity index (χ4v) is 16.0. The highest BCUT2D eigenvalue weighted by Crippen LogP contribution is 2.45. The van der Waals surface area contributed by atoms with Crippen LogP contribution in [0.5, 0.6) is 0 Å². The molecular formula is C91H178O17P2. The minimum Gasteiger partial charge on any atom is -0.462 e.